The summed E-state index contributed by atoms with van der Waals surface area (Å²) in [5, 5.41) is 9.84. The minimum atomic E-state index is 0.319. The van der Waals surface area contributed by atoms with Gasteiger partial charge in [0.05, 0.1) is 7.11 Å². The van der Waals surface area contributed by atoms with Crippen molar-refractivity contribution >= 4 is 5.84 Å². The Balaban J connectivity index is 2.85. The predicted molar refractivity (Wildman–Crippen MR) is 71.2 cm³/mol. The van der Waals surface area contributed by atoms with Crippen LogP contribution in [0.5, 0.6) is 0 Å². The van der Waals surface area contributed by atoms with E-state index in [2.05, 4.69) is 21.6 Å². The lowest BCUT2D eigenvalue weighted by atomic mass is 10.1. The summed E-state index contributed by atoms with van der Waals surface area (Å²) in [7, 11) is 3.55. The smallest absolute Gasteiger partial charge is 0.173 e. The summed E-state index contributed by atoms with van der Waals surface area (Å²) in [6, 6.07) is 0. The number of nitrogens with zero attached hydrogens (tertiary/aromatic N) is 2. The van der Waals surface area contributed by atoms with Gasteiger partial charge in [-0.05, 0) is 19.5 Å². The average molecular weight is 249 g/mol. The summed E-state index contributed by atoms with van der Waals surface area (Å²) in [6.45, 7) is 0.751. The maximum atomic E-state index is 6.94. The number of amidine groups is 1. The van der Waals surface area contributed by atoms with Crippen LogP contribution in [0.4, 0.5) is 0 Å². The van der Waals surface area contributed by atoms with Gasteiger partial charge in [0.1, 0.15) is 5.76 Å². The Morgan fingerprint density at radius 3 is 2.89 bits per heavy atom. The molecule has 0 atom stereocenters. The van der Waals surface area contributed by atoms with Gasteiger partial charge in [0.2, 0.25) is 0 Å². The molecule has 18 heavy (non-hydrogen) atoms. The van der Waals surface area contributed by atoms with Gasteiger partial charge in [0, 0.05) is 18.5 Å². The number of allylic oxidation sites excluding steroid dienone is 3. The molecule has 0 fully saturated rings. The Morgan fingerprint density at radius 2 is 2.33 bits per heavy atom. The van der Waals surface area contributed by atoms with Crippen LogP contribution in [0.3, 0.4) is 0 Å². The second kappa shape index (κ2) is 7.39. The van der Waals surface area contributed by atoms with Crippen molar-refractivity contribution in [2.75, 3.05) is 20.7 Å². The van der Waals surface area contributed by atoms with Crippen molar-refractivity contribution in [2.24, 2.45) is 16.1 Å². The van der Waals surface area contributed by atoms with Crippen LogP contribution < -0.4 is 11.2 Å². The molecule has 6 nitrogen and oxygen atoms in total. The van der Waals surface area contributed by atoms with Crippen molar-refractivity contribution in [3.05, 3.63) is 35.1 Å². The number of ether oxygens (including phenoxy) is 1. The van der Waals surface area contributed by atoms with Crippen molar-refractivity contribution in [3.63, 3.8) is 0 Å². The minimum absolute atomic E-state index is 0.319. The fraction of sp³-hybridized carbons (Fsp3) is 0.417. The summed E-state index contributed by atoms with van der Waals surface area (Å²) in [5.41, 5.74) is 9.14. The van der Waals surface area contributed by atoms with Gasteiger partial charge < -0.3 is 15.9 Å². The molecule has 0 unspecified atom stereocenters. The Kier molecular flexibility index (Phi) is 5.79. The number of methoxy groups -OCH3 is 1. The van der Waals surface area contributed by atoms with Gasteiger partial charge in [-0.1, -0.05) is 17.7 Å². The molecule has 0 saturated carbocycles. The van der Waals surface area contributed by atoms with Crippen molar-refractivity contribution in [1.29, 1.82) is 5.53 Å². The number of hydrazone groups is 1. The van der Waals surface area contributed by atoms with Gasteiger partial charge in [-0.3, -0.25) is 0 Å². The normalized spacial score (nSPS) is 16.3. The first kappa shape index (κ1) is 14.1. The molecule has 0 heterocycles. The summed E-state index contributed by atoms with van der Waals surface area (Å²) in [5.74, 6) is 6.31. The van der Waals surface area contributed by atoms with Crippen molar-refractivity contribution in [2.45, 2.75) is 12.8 Å². The SMILES string of the molecule is CNCC1=CCC(C/C(N=N)=N/N)=CC=C1OC. The third-order valence-corrected chi connectivity index (χ3v) is 2.65. The largest absolute Gasteiger partial charge is 0.496 e. The summed E-state index contributed by atoms with van der Waals surface area (Å²) >= 11 is 0. The molecule has 98 valence electrons. The van der Waals surface area contributed by atoms with E-state index >= 15 is 0 Å². The molecular weight excluding hydrogens is 230 g/mol. The van der Waals surface area contributed by atoms with E-state index in [4.69, 9.17) is 16.1 Å². The third kappa shape index (κ3) is 3.81. The Bertz CT molecular complexity index is 420. The molecule has 0 aliphatic heterocycles. The van der Waals surface area contributed by atoms with Crippen LogP contribution in [0.25, 0.3) is 0 Å². The highest BCUT2D eigenvalue weighted by molar-refractivity contribution is 5.84. The number of hydrogen-bond donors (Lipinski definition) is 3. The number of nitrogens with two attached hydrogens (primary N) is 1. The lowest BCUT2D eigenvalue weighted by molar-refractivity contribution is 0.299. The quantitative estimate of drug-likeness (QED) is 0.227. The second-order valence-electron chi connectivity index (χ2n) is 3.86. The molecule has 0 radical (unpaired) electrons. The first-order chi connectivity index (χ1) is 8.74. The molecule has 0 aromatic carbocycles. The monoisotopic (exact) mass is 249 g/mol. The Labute approximate surface area is 107 Å². The fourth-order valence-corrected chi connectivity index (χ4v) is 1.72. The molecule has 1 aliphatic carbocycles. The number of hydrogen-bond acceptors (Lipinski definition) is 5. The van der Waals surface area contributed by atoms with Crippen LogP contribution in [0.15, 0.2) is 45.3 Å². The first-order valence-electron chi connectivity index (χ1n) is 5.67. The minimum Gasteiger partial charge on any atom is -0.496 e. The van der Waals surface area contributed by atoms with E-state index in [0.717, 1.165) is 29.9 Å². The molecule has 0 bridgehead atoms. The molecule has 4 N–H and O–H groups in total. The van der Waals surface area contributed by atoms with Gasteiger partial charge in [-0.25, -0.2) is 5.53 Å². The summed E-state index contributed by atoms with van der Waals surface area (Å²) < 4.78 is 5.34. The average Bonchev–Trinajstić information content (AvgIpc) is 2.59. The number of rotatable bonds is 5. The molecule has 0 amide bonds. The zero-order chi connectivity index (χ0) is 13.4. The predicted octanol–water partition coefficient (Wildman–Crippen LogP) is 1.69. The molecule has 6 heteroatoms. The zero-order valence-electron chi connectivity index (χ0n) is 10.7. The Morgan fingerprint density at radius 1 is 1.56 bits per heavy atom. The Hall–Kier alpha value is -1.95. The van der Waals surface area contributed by atoms with Crippen LogP contribution in [-0.2, 0) is 4.74 Å². The van der Waals surface area contributed by atoms with E-state index in [1.807, 2.05) is 19.2 Å². The van der Waals surface area contributed by atoms with Crippen LogP contribution >= 0.6 is 0 Å². The molecule has 0 aromatic rings. The van der Waals surface area contributed by atoms with E-state index in [-0.39, 0.29) is 0 Å². The number of nitrogens with one attached hydrogen (secondary N) is 2. The summed E-state index contributed by atoms with van der Waals surface area (Å²) in [4.78, 5) is 0. The maximum Gasteiger partial charge on any atom is 0.173 e. The highest BCUT2D eigenvalue weighted by atomic mass is 16.5. The van der Waals surface area contributed by atoms with Gasteiger partial charge in [0.25, 0.3) is 0 Å². The van der Waals surface area contributed by atoms with Gasteiger partial charge in [-0.15, -0.1) is 5.11 Å². The van der Waals surface area contributed by atoms with Crippen LogP contribution in [0, 0.1) is 5.53 Å². The highest BCUT2D eigenvalue weighted by Gasteiger charge is 2.10. The van der Waals surface area contributed by atoms with E-state index < -0.39 is 0 Å². The molecular formula is C12H19N5O. The van der Waals surface area contributed by atoms with E-state index in [0.29, 0.717) is 12.3 Å². The third-order valence-electron chi connectivity index (χ3n) is 2.65. The number of likely N-dealkylation sites (N-methyl/N-ethyl adjacent to an activating group) is 1. The van der Waals surface area contributed by atoms with Crippen LogP contribution in [-0.4, -0.2) is 26.5 Å². The first-order valence-corrected chi connectivity index (χ1v) is 5.67. The van der Waals surface area contributed by atoms with Crippen LogP contribution in [0.2, 0.25) is 0 Å². The summed E-state index contributed by atoms with van der Waals surface area (Å²) in [6.07, 6.45) is 7.24. The van der Waals surface area contributed by atoms with Gasteiger partial charge in [-0.2, -0.15) is 5.10 Å². The highest BCUT2D eigenvalue weighted by Crippen LogP contribution is 2.20. The maximum absolute atomic E-state index is 6.94. The van der Waals surface area contributed by atoms with E-state index in [1.54, 1.807) is 7.11 Å². The molecule has 0 saturated heterocycles. The lowest BCUT2D eigenvalue weighted by Crippen LogP contribution is -2.12. The van der Waals surface area contributed by atoms with Crippen molar-refractivity contribution < 1.29 is 4.74 Å². The molecule has 1 aliphatic rings. The molecule has 0 spiro atoms. The van der Waals surface area contributed by atoms with Crippen molar-refractivity contribution in [1.82, 2.24) is 5.32 Å². The standard InChI is InChI=1S/C12H19N5O/c1-15-8-10-5-3-9(4-6-11(10)18-2)7-12(16-13)17-14/h4-6,13,15H,3,7-8,14H2,1-2H3/b16-13?,17-12-. The molecule has 0 aromatic heterocycles. The topological polar surface area (TPSA) is 95.9 Å². The molecule has 1 rings (SSSR count). The van der Waals surface area contributed by atoms with E-state index in [9.17, 15) is 0 Å². The van der Waals surface area contributed by atoms with Crippen LogP contribution in [0.1, 0.15) is 12.8 Å². The van der Waals surface area contributed by atoms with Gasteiger partial charge in [0.15, 0.2) is 5.84 Å². The zero-order valence-corrected chi connectivity index (χ0v) is 10.7. The lowest BCUT2D eigenvalue weighted by Gasteiger charge is -2.08. The fourth-order valence-electron chi connectivity index (χ4n) is 1.72. The second-order valence-corrected chi connectivity index (χ2v) is 3.86. The van der Waals surface area contributed by atoms with Crippen molar-refractivity contribution in [3.8, 4) is 0 Å². The van der Waals surface area contributed by atoms with E-state index in [1.165, 1.54) is 0 Å². The van der Waals surface area contributed by atoms with Gasteiger partial charge >= 0.3 is 0 Å².